The van der Waals surface area contributed by atoms with Gasteiger partial charge in [0.15, 0.2) is 0 Å². The molecule has 0 spiro atoms. The molecule has 0 aliphatic carbocycles. The van der Waals surface area contributed by atoms with E-state index in [1.165, 1.54) is 16.0 Å². The SMILES string of the molecule is CSc1cc(C#N)c2c(c1)CNCC2(C)C. The molecule has 0 bridgehead atoms. The molecule has 0 radical (unpaired) electrons. The van der Waals surface area contributed by atoms with Crippen LogP contribution in [0.1, 0.15) is 30.5 Å². The number of nitrogens with one attached hydrogen (secondary N) is 1. The van der Waals surface area contributed by atoms with E-state index in [0.29, 0.717) is 0 Å². The van der Waals surface area contributed by atoms with E-state index in [1.54, 1.807) is 11.8 Å². The van der Waals surface area contributed by atoms with Crippen LogP contribution in [0.15, 0.2) is 17.0 Å². The van der Waals surface area contributed by atoms with Crippen LogP contribution in [0.3, 0.4) is 0 Å². The van der Waals surface area contributed by atoms with Crippen molar-refractivity contribution in [2.24, 2.45) is 0 Å². The van der Waals surface area contributed by atoms with Gasteiger partial charge in [-0.2, -0.15) is 5.26 Å². The monoisotopic (exact) mass is 232 g/mol. The predicted octanol–water partition coefficient (Wildman–Crippen LogP) is 2.66. The lowest BCUT2D eigenvalue weighted by molar-refractivity contribution is 0.433. The molecule has 3 heteroatoms. The van der Waals surface area contributed by atoms with Gasteiger partial charge in [-0.05, 0) is 29.5 Å². The third-order valence-electron chi connectivity index (χ3n) is 3.11. The van der Waals surface area contributed by atoms with Crippen LogP contribution in [0.5, 0.6) is 0 Å². The molecule has 0 aromatic heterocycles. The highest BCUT2D eigenvalue weighted by molar-refractivity contribution is 7.98. The van der Waals surface area contributed by atoms with Crippen LogP contribution in [-0.4, -0.2) is 12.8 Å². The van der Waals surface area contributed by atoms with E-state index >= 15 is 0 Å². The average molecular weight is 232 g/mol. The highest BCUT2D eigenvalue weighted by atomic mass is 32.2. The lowest BCUT2D eigenvalue weighted by Gasteiger charge is -2.34. The Kier molecular flexibility index (Phi) is 2.96. The summed E-state index contributed by atoms with van der Waals surface area (Å²) in [6.45, 7) is 6.20. The molecule has 0 unspecified atom stereocenters. The maximum atomic E-state index is 9.27. The molecular weight excluding hydrogens is 216 g/mol. The summed E-state index contributed by atoms with van der Waals surface area (Å²) in [5.74, 6) is 0. The third kappa shape index (κ3) is 1.83. The van der Waals surface area contributed by atoms with Crippen LogP contribution < -0.4 is 5.32 Å². The minimum Gasteiger partial charge on any atom is -0.312 e. The van der Waals surface area contributed by atoms with E-state index in [9.17, 15) is 5.26 Å². The highest BCUT2D eigenvalue weighted by Gasteiger charge is 2.30. The summed E-state index contributed by atoms with van der Waals surface area (Å²) >= 11 is 1.69. The van der Waals surface area contributed by atoms with Crippen LogP contribution in [0.4, 0.5) is 0 Å². The Hall–Kier alpha value is -0.980. The predicted molar refractivity (Wildman–Crippen MR) is 67.7 cm³/mol. The second-order valence-corrected chi connectivity index (χ2v) is 5.69. The van der Waals surface area contributed by atoms with Crippen molar-refractivity contribution < 1.29 is 0 Å². The minimum atomic E-state index is 0.0512. The molecule has 2 nitrogen and oxygen atoms in total. The normalized spacial score (nSPS) is 17.6. The first kappa shape index (κ1) is 11.5. The zero-order valence-electron chi connectivity index (χ0n) is 9.92. The van der Waals surface area contributed by atoms with Crippen LogP contribution in [0.25, 0.3) is 0 Å². The molecule has 1 aromatic rings. The molecular formula is C13H16N2S. The number of thioether (sulfide) groups is 1. The zero-order valence-corrected chi connectivity index (χ0v) is 10.7. The van der Waals surface area contributed by atoms with Crippen molar-refractivity contribution >= 4 is 11.8 Å². The van der Waals surface area contributed by atoms with Gasteiger partial charge in [0, 0.05) is 23.4 Å². The van der Waals surface area contributed by atoms with Crippen molar-refractivity contribution in [1.29, 1.82) is 5.26 Å². The third-order valence-corrected chi connectivity index (χ3v) is 3.82. The number of hydrogen-bond acceptors (Lipinski definition) is 3. The van der Waals surface area contributed by atoms with Gasteiger partial charge >= 0.3 is 0 Å². The Morgan fingerprint density at radius 3 is 2.81 bits per heavy atom. The Morgan fingerprint density at radius 2 is 2.19 bits per heavy atom. The second-order valence-electron chi connectivity index (χ2n) is 4.81. The number of rotatable bonds is 1. The van der Waals surface area contributed by atoms with Crippen molar-refractivity contribution in [3.8, 4) is 6.07 Å². The highest BCUT2D eigenvalue weighted by Crippen LogP contribution is 2.34. The molecule has 0 amide bonds. The smallest absolute Gasteiger partial charge is 0.0995 e. The molecule has 1 aromatic carbocycles. The van der Waals surface area contributed by atoms with E-state index in [4.69, 9.17) is 0 Å². The first-order chi connectivity index (χ1) is 7.58. The molecule has 1 N–H and O–H groups in total. The molecule has 0 saturated heterocycles. The Bertz CT molecular complexity index is 458. The summed E-state index contributed by atoms with van der Waals surface area (Å²) < 4.78 is 0. The van der Waals surface area contributed by atoms with E-state index in [2.05, 4.69) is 31.3 Å². The van der Waals surface area contributed by atoms with Gasteiger partial charge in [0.25, 0.3) is 0 Å². The van der Waals surface area contributed by atoms with Gasteiger partial charge in [-0.15, -0.1) is 11.8 Å². The largest absolute Gasteiger partial charge is 0.312 e. The number of benzene rings is 1. The first-order valence-electron chi connectivity index (χ1n) is 5.40. The van der Waals surface area contributed by atoms with Crippen molar-refractivity contribution in [2.75, 3.05) is 12.8 Å². The molecule has 0 saturated carbocycles. The van der Waals surface area contributed by atoms with Crippen LogP contribution in [-0.2, 0) is 12.0 Å². The number of nitriles is 1. The van der Waals surface area contributed by atoms with Crippen molar-refractivity contribution in [2.45, 2.75) is 30.7 Å². The van der Waals surface area contributed by atoms with Gasteiger partial charge in [-0.3, -0.25) is 0 Å². The Morgan fingerprint density at radius 1 is 1.44 bits per heavy atom. The molecule has 0 fully saturated rings. The summed E-state index contributed by atoms with van der Waals surface area (Å²) in [7, 11) is 0. The quantitative estimate of drug-likeness (QED) is 0.756. The van der Waals surface area contributed by atoms with E-state index in [-0.39, 0.29) is 5.41 Å². The minimum absolute atomic E-state index is 0.0512. The Balaban J connectivity index is 2.66. The second kappa shape index (κ2) is 4.12. The fourth-order valence-electron chi connectivity index (χ4n) is 2.42. The summed E-state index contributed by atoms with van der Waals surface area (Å²) in [6.07, 6.45) is 2.05. The van der Waals surface area contributed by atoms with E-state index in [0.717, 1.165) is 18.7 Å². The lowest BCUT2D eigenvalue weighted by atomic mass is 9.77. The molecule has 16 heavy (non-hydrogen) atoms. The Labute approximate surface area is 101 Å². The number of fused-ring (bicyclic) bond motifs is 1. The fourth-order valence-corrected chi connectivity index (χ4v) is 2.91. The molecule has 2 rings (SSSR count). The topological polar surface area (TPSA) is 35.8 Å². The summed E-state index contributed by atoms with van der Waals surface area (Å²) in [5, 5.41) is 12.7. The van der Waals surface area contributed by atoms with Gasteiger partial charge in [-0.25, -0.2) is 0 Å². The van der Waals surface area contributed by atoms with Crippen LogP contribution in [0.2, 0.25) is 0 Å². The summed E-state index contributed by atoms with van der Waals surface area (Å²) in [5.41, 5.74) is 3.40. The first-order valence-corrected chi connectivity index (χ1v) is 6.63. The maximum Gasteiger partial charge on any atom is 0.0995 e. The van der Waals surface area contributed by atoms with Crippen molar-refractivity contribution in [1.82, 2.24) is 5.32 Å². The maximum absolute atomic E-state index is 9.27. The fraction of sp³-hybridized carbons (Fsp3) is 0.462. The standard InChI is InChI=1S/C13H16N2S/c1-13(2)8-15-7-10-5-11(16-3)4-9(6-14)12(10)13/h4-5,15H,7-8H2,1-3H3. The number of hydrogen-bond donors (Lipinski definition) is 1. The van der Waals surface area contributed by atoms with Crippen LogP contribution >= 0.6 is 11.8 Å². The van der Waals surface area contributed by atoms with Gasteiger partial charge in [-0.1, -0.05) is 13.8 Å². The molecule has 1 heterocycles. The molecule has 1 aliphatic rings. The van der Waals surface area contributed by atoms with Gasteiger partial charge in [0.2, 0.25) is 0 Å². The molecule has 1 aliphatic heterocycles. The van der Waals surface area contributed by atoms with E-state index in [1.807, 2.05) is 12.3 Å². The lowest BCUT2D eigenvalue weighted by Crippen LogP contribution is -2.39. The van der Waals surface area contributed by atoms with Crippen molar-refractivity contribution in [3.05, 3.63) is 28.8 Å². The zero-order chi connectivity index (χ0) is 11.8. The summed E-state index contributed by atoms with van der Waals surface area (Å²) in [6, 6.07) is 6.56. The molecule has 0 atom stereocenters. The van der Waals surface area contributed by atoms with Gasteiger partial charge < -0.3 is 5.32 Å². The molecule has 84 valence electrons. The average Bonchev–Trinajstić information content (AvgIpc) is 2.26. The van der Waals surface area contributed by atoms with Gasteiger partial charge in [0.05, 0.1) is 11.6 Å². The van der Waals surface area contributed by atoms with Gasteiger partial charge in [0.1, 0.15) is 0 Å². The van der Waals surface area contributed by atoms with Crippen LogP contribution in [0, 0.1) is 11.3 Å². The number of nitrogens with zero attached hydrogens (tertiary/aromatic N) is 1. The van der Waals surface area contributed by atoms with E-state index < -0.39 is 0 Å². The van der Waals surface area contributed by atoms with Crippen molar-refractivity contribution in [3.63, 3.8) is 0 Å². The summed E-state index contributed by atoms with van der Waals surface area (Å²) in [4.78, 5) is 1.18.